The van der Waals surface area contributed by atoms with Gasteiger partial charge in [-0.3, -0.25) is 9.59 Å². The van der Waals surface area contributed by atoms with Gasteiger partial charge in [0.15, 0.2) is 0 Å². The van der Waals surface area contributed by atoms with Crippen LogP contribution in [0.4, 0.5) is 0 Å². The van der Waals surface area contributed by atoms with Crippen LogP contribution in [0.1, 0.15) is 11.3 Å². The second-order valence-corrected chi connectivity index (χ2v) is 8.17. The van der Waals surface area contributed by atoms with Crippen LogP contribution in [0.2, 0.25) is 0 Å². The number of aryl methyl sites for hydroxylation is 1. The number of nitrogens with one attached hydrogen (secondary N) is 1. The van der Waals surface area contributed by atoms with Gasteiger partial charge in [0, 0.05) is 14.1 Å². The van der Waals surface area contributed by atoms with Crippen molar-refractivity contribution < 1.29 is 22.4 Å². The molecule has 0 saturated heterocycles. The Kier molecular flexibility index (Phi) is 6.75. The van der Waals surface area contributed by atoms with Gasteiger partial charge in [-0.2, -0.15) is 4.31 Å². The van der Waals surface area contributed by atoms with Crippen molar-refractivity contribution >= 4 is 21.8 Å². The Labute approximate surface area is 158 Å². The standard InChI is InChI=1S/C18H23N3O5S/c1-14-6-8-16(9-7-14)27(24,25)21(12-15-5-4-10-26-15)13-17(22)19-11-18(23)20(2)3/h4-10H,11-13H2,1-3H3,(H,19,22). The van der Waals surface area contributed by atoms with Crippen LogP contribution in [0.3, 0.4) is 0 Å². The Morgan fingerprint density at radius 3 is 2.33 bits per heavy atom. The molecule has 8 nitrogen and oxygen atoms in total. The molecule has 1 aromatic heterocycles. The number of furan rings is 1. The van der Waals surface area contributed by atoms with Crippen molar-refractivity contribution in [2.24, 2.45) is 0 Å². The zero-order valence-corrected chi connectivity index (χ0v) is 16.3. The molecule has 2 aromatic rings. The summed E-state index contributed by atoms with van der Waals surface area (Å²) in [7, 11) is -0.789. The number of likely N-dealkylation sites (N-methyl/N-ethyl adjacent to an activating group) is 1. The van der Waals surface area contributed by atoms with Gasteiger partial charge in [0.2, 0.25) is 21.8 Å². The highest BCUT2D eigenvalue weighted by Gasteiger charge is 2.27. The fourth-order valence-electron chi connectivity index (χ4n) is 2.21. The first-order chi connectivity index (χ1) is 12.7. The number of hydrogen-bond acceptors (Lipinski definition) is 5. The highest BCUT2D eigenvalue weighted by atomic mass is 32.2. The fraction of sp³-hybridized carbons (Fsp3) is 0.333. The van der Waals surface area contributed by atoms with Gasteiger partial charge in [0.05, 0.1) is 30.8 Å². The van der Waals surface area contributed by atoms with E-state index in [1.807, 2.05) is 6.92 Å². The molecular weight excluding hydrogens is 370 g/mol. The summed E-state index contributed by atoms with van der Waals surface area (Å²) >= 11 is 0. The smallest absolute Gasteiger partial charge is 0.243 e. The molecule has 0 spiro atoms. The van der Waals surface area contributed by atoms with Gasteiger partial charge in [-0.05, 0) is 31.2 Å². The zero-order chi connectivity index (χ0) is 20.0. The number of carbonyl (C=O) groups excluding carboxylic acids is 2. The first-order valence-electron chi connectivity index (χ1n) is 8.26. The molecule has 1 heterocycles. The van der Waals surface area contributed by atoms with Crippen LogP contribution in [-0.4, -0.2) is 56.6 Å². The average molecular weight is 393 g/mol. The highest BCUT2D eigenvalue weighted by molar-refractivity contribution is 7.89. The molecule has 0 fully saturated rings. The lowest BCUT2D eigenvalue weighted by Crippen LogP contribution is -2.43. The second kappa shape index (κ2) is 8.83. The van der Waals surface area contributed by atoms with Crippen molar-refractivity contribution in [3.8, 4) is 0 Å². The van der Waals surface area contributed by atoms with Gasteiger partial charge >= 0.3 is 0 Å². The van der Waals surface area contributed by atoms with Gasteiger partial charge in [-0.1, -0.05) is 17.7 Å². The summed E-state index contributed by atoms with van der Waals surface area (Å²) in [6.45, 7) is 1.12. The maximum atomic E-state index is 13.0. The molecule has 0 aliphatic rings. The summed E-state index contributed by atoms with van der Waals surface area (Å²) in [5.74, 6) is -0.461. The Hall–Kier alpha value is -2.65. The molecule has 146 valence electrons. The van der Waals surface area contributed by atoms with Crippen LogP contribution in [0, 0.1) is 6.92 Å². The van der Waals surface area contributed by atoms with E-state index < -0.39 is 22.5 Å². The van der Waals surface area contributed by atoms with E-state index in [1.54, 1.807) is 38.4 Å². The van der Waals surface area contributed by atoms with E-state index in [-0.39, 0.29) is 23.9 Å². The number of hydrogen-bond donors (Lipinski definition) is 1. The molecule has 0 unspecified atom stereocenters. The molecule has 0 radical (unpaired) electrons. The van der Waals surface area contributed by atoms with Gasteiger partial charge in [0.25, 0.3) is 0 Å². The average Bonchev–Trinajstić information content (AvgIpc) is 3.12. The van der Waals surface area contributed by atoms with E-state index in [1.165, 1.54) is 23.3 Å². The summed E-state index contributed by atoms with van der Waals surface area (Å²) in [6, 6.07) is 9.63. The SMILES string of the molecule is Cc1ccc(S(=O)(=O)N(CC(=O)NCC(=O)N(C)C)Cc2ccco2)cc1. The second-order valence-electron chi connectivity index (χ2n) is 6.23. The number of carbonyl (C=O) groups is 2. The normalized spacial score (nSPS) is 11.4. The summed E-state index contributed by atoms with van der Waals surface area (Å²) in [6.07, 6.45) is 1.43. The zero-order valence-electron chi connectivity index (χ0n) is 15.5. The predicted molar refractivity (Wildman–Crippen MR) is 99.2 cm³/mol. The van der Waals surface area contributed by atoms with Gasteiger partial charge in [0.1, 0.15) is 5.76 Å². The van der Waals surface area contributed by atoms with E-state index >= 15 is 0 Å². The predicted octanol–water partition coefficient (Wildman–Crippen LogP) is 0.983. The molecule has 0 atom stereocenters. The van der Waals surface area contributed by atoms with E-state index in [4.69, 9.17) is 4.42 Å². The van der Waals surface area contributed by atoms with Crippen LogP contribution >= 0.6 is 0 Å². The number of benzene rings is 1. The minimum absolute atomic E-state index is 0.0804. The first-order valence-corrected chi connectivity index (χ1v) is 9.70. The summed E-state index contributed by atoms with van der Waals surface area (Å²) < 4.78 is 32.2. The molecule has 1 aromatic carbocycles. The number of amides is 2. The maximum Gasteiger partial charge on any atom is 0.243 e. The third kappa shape index (κ3) is 5.66. The molecule has 27 heavy (non-hydrogen) atoms. The van der Waals surface area contributed by atoms with E-state index in [0.717, 1.165) is 9.87 Å². The van der Waals surface area contributed by atoms with Crippen LogP contribution in [0.5, 0.6) is 0 Å². The van der Waals surface area contributed by atoms with Crippen LogP contribution in [0.25, 0.3) is 0 Å². The van der Waals surface area contributed by atoms with Crippen molar-refractivity contribution in [2.75, 3.05) is 27.2 Å². The molecule has 2 amide bonds. The van der Waals surface area contributed by atoms with Crippen molar-refractivity contribution in [3.63, 3.8) is 0 Å². The Morgan fingerprint density at radius 2 is 1.78 bits per heavy atom. The van der Waals surface area contributed by atoms with E-state index in [2.05, 4.69) is 5.32 Å². The van der Waals surface area contributed by atoms with Crippen molar-refractivity contribution in [1.82, 2.24) is 14.5 Å². The van der Waals surface area contributed by atoms with Crippen LogP contribution < -0.4 is 5.32 Å². The van der Waals surface area contributed by atoms with Crippen molar-refractivity contribution in [2.45, 2.75) is 18.4 Å². The molecule has 1 N–H and O–H groups in total. The maximum absolute atomic E-state index is 13.0. The quantitative estimate of drug-likeness (QED) is 0.721. The summed E-state index contributed by atoms with van der Waals surface area (Å²) in [5, 5.41) is 2.44. The topological polar surface area (TPSA) is 99.9 Å². The Bertz CT molecular complexity index is 874. The van der Waals surface area contributed by atoms with Crippen molar-refractivity contribution in [1.29, 1.82) is 0 Å². The largest absolute Gasteiger partial charge is 0.468 e. The fourth-order valence-corrected chi connectivity index (χ4v) is 3.57. The van der Waals surface area contributed by atoms with Crippen molar-refractivity contribution in [3.05, 3.63) is 54.0 Å². The summed E-state index contributed by atoms with van der Waals surface area (Å²) in [4.78, 5) is 25.2. The Balaban J connectivity index is 2.19. The molecule has 0 saturated carbocycles. The molecule has 2 rings (SSSR count). The third-order valence-electron chi connectivity index (χ3n) is 3.83. The molecular formula is C18H23N3O5S. The highest BCUT2D eigenvalue weighted by Crippen LogP contribution is 2.19. The Morgan fingerprint density at radius 1 is 1.11 bits per heavy atom. The molecule has 0 aliphatic heterocycles. The van der Waals surface area contributed by atoms with E-state index in [9.17, 15) is 18.0 Å². The first kappa shape index (κ1) is 20.7. The lowest BCUT2D eigenvalue weighted by molar-refractivity contribution is -0.130. The summed E-state index contributed by atoms with van der Waals surface area (Å²) in [5.41, 5.74) is 0.923. The third-order valence-corrected chi connectivity index (χ3v) is 5.63. The lowest BCUT2D eigenvalue weighted by atomic mass is 10.2. The van der Waals surface area contributed by atoms with Gasteiger partial charge in [-0.25, -0.2) is 8.42 Å². The molecule has 0 bridgehead atoms. The molecule has 9 heteroatoms. The minimum Gasteiger partial charge on any atom is -0.468 e. The van der Waals surface area contributed by atoms with Crippen LogP contribution in [0.15, 0.2) is 52.0 Å². The number of sulfonamides is 1. The number of nitrogens with zero attached hydrogens (tertiary/aromatic N) is 2. The minimum atomic E-state index is -3.93. The van der Waals surface area contributed by atoms with Crippen LogP contribution in [-0.2, 0) is 26.2 Å². The van der Waals surface area contributed by atoms with E-state index in [0.29, 0.717) is 5.76 Å². The van der Waals surface area contributed by atoms with Gasteiger partial charge in [-0.15, -0.1) is 0 Å². The van der Waals surface area contributed by atoms with Gasteiger partial charge < -0.3 is 14.6 Å². The monoisotopic (exact) mass is 393 g/mol. The molecule has 0 aliphatic carbocycles. The lowest BCUT2D eigenvalue weighted by Gasteiger charge is -2.21. The number of rotatable bonds is 8.